The topological polar surface area (TPSA) is 108 Å². The van der Waals surface area contributed by atoms with Crippen LogP contribution in [-0.2, 0) is 18.4 Å². The van der Waals surface area contributed by atoms with E-state index in [9.17, 15) is 19.4 Å². The molecule has 2 N–H and O–H groups in total. The van der Waals surface area contributed by atoms with Gasteiger partial charge in [0.25, 0.3) is 7.82 Å². The summed E-state index contributed by atoms with van der Waals surface area (Å²) in [7, 11) is 1.21. The molecule has 0 aromatic rings. The van der Waals surface area contributed by atoms with Gasteiger partial charge < -0.3 is 28.8 Å². The van der Waals surface area contributed by atoms with Gasteiger partial charge in [-0.05, 0) is 83.5 Å². The van der Waals surface area contributed by atoms with E-state index >= 15 is 0 Å². The van der Waals surface area contributed by atoms with Crippen LogP contribution in [0.1, 0.15) is 232 Å². The standard InChI is InChI=1S/C61H109N2O6P/c1-6-8-10-12-14-16-18-20-22-24-26-28-30-31-33-34-36-38-40-42-44-46-48-50-52-54-60(64)59(58-69-70(66,67)68-57-56-63(3,4)5)62-61(65)55-53-51-49-47-45-43-41-39-37-35-32-29-27-25-23-21-19-17-15-13-11-9-7-2/h9,11,15,17,21,23,27,29,35,37,41,43-44,46,52,54,59-60,64H,6-8,10,12-14,16,18-20,22,24-26,28,30-34,36,38-40,42,45,47-51,53,55-58H2,1-5H3,(H-,62,65,66,67)/b11-9-,17-15-,23-21-,29-27-,37-35-,43-41-,46-44+,54-52+. The van der Waals surface area contributed by atoms with Crippen molar-refractivity contribution in [3.8, 4) is 0 Å². The number of aliphatic hydroxyl groups excluding tert-OH is 1. The maximum Gasteiger partial charge on any atom is 0.268 e. The fourth-order valence-electron chi connectivity index (χ4n) is 7.82. The van der Waals surface area contributed by atoms with Crippen LogP contribution in [0.2, 0.25) is 0 Å². The number of likely N-dealkylation sites (N-methyl/N-ethyl adjacent to an activating group) is 1. The normalized spacial score (nSPS) is 14.7. The lowest BCUT2D eigenvalue weighted by atomic mass is 10.0. The highest BCUT2D eigenvalue weighted by atomic mass is 31.2. The molecule has 0 radical (unpaired) electrons. The summed E-state index contributed by atoms with van der Waals surface area (Å²) < 4.78 is 23.3. The first kappa shape index (κ1) is 67.4. The number of phosphoric ester groups is 1. The molecule has 0 fully saturated rings. The summed E-state index contributed by atoms with van der Waals surface area (Å²) in [5.41, 5.74) is 0. The van der Waals surface area contributed by atoms with Gasteiger partial charge in [-0.15, -0.1) is 0 Å². The fraction of sp³-hybridized carbons (Fsp3) is 0.721. The van der Waals surface area contributed by atoms with E-state index in [0.717, 1.165) is 89.9 Å². The van der Waals surface area contributed by atoms with E-state index in [4.69, 9.17) is 9.05 Å². The van der Waals surface area contributed by atoms with Crippen molar-refractivity contribution in [1.29, 1.82) is 0 Å². The summed E-state index contributed by atoms with van der Waals surface area (Å²) in [6.07, 6.45) is 73.4. The Morgan fingerprint density at radius 3 is 1.33 bits per heavy atom. The number of carbonyl (C=O) groups is 1. The van der Waals surface area contributed by atoms with E-state index in [1.165, 1.54) is 122 Å². The van der Waals surface area contributed by atoms with E-state index in [2.05, 4.69) is 104 Å². The maximum atomic E-state index is 13.0. The monoisotopic (exact) mass is 997 g/mol. The second-order valence-corrected chi connectivity index (χ2v) is 21.7. The first-order valence-electron chi connectivity index (χ1n) is 28.6. The first-order valence-corrected chi connectivity index (χ1v) is 30.1. The number of nitrogens with one attached hydrogen (secondary N) is 1. The molecule has 0 aliphatic heterocycles. The lowest BCUT2D eigenvalue weighted by Crippen LogP contribution is -2.45. The number of allylic oxidation sites excluding steroid dienone is 15. The van der Waals surface area contributed by atoms with Crippen LogP contribution in [0.3, 0.4) is 0 Å². The summed E-state index contributed by atoms with van der Waals surface area (Å²) in [4.78, 5) is 25.5. The molecule has 0 aliphatic carbocycles. The van der Waals surface area contributed by atoms with Gasteiger partial charge in [0.05, 0.1) is 39.9 Å². The molecule has 0 aromatic carbocycles. The Hall–Kier alpha value is -2.58. The Morgan fingerprint density at radius 2 is 0.886 bits per heavy atom. The highest BCUT2D eigenvalue weighted by Crippen LogP contribution is 2.38. The number of quaternary nitrogens is 1. The van der Waals surface area contributed by atoms with Gasteiger partial charge >= 0.3 is 0 Å². The highest BCUT2D eigenvalue weighted by Gasteiger charge is 2.23. The lowest BCUT2D eigenvalue weighted by Gasteiger charge is -2.29. The first-order chi connectivity index (χ1) is 34.0. The van der Waals surface area contributed by atoms with Crippen molar-refractivity contribution in [3.63, 3.8) is 0 Å². The minimum absolute atomic E-state index is 0.0169. The quantitative estimate of drug-likeness (QED) is 0.0272. The molecule has 0 saturated carbocycles. The number of hydrogen-bond donors (Lipinski definition) is 2. The smallest absolute Gasteiger partial charge is 0.268 e. The minimum atomic E-state index is -4.62. The highest BCUT2D eigenvalue weighted by molar-refractivity contribution is 7.45. The predicted octanol–water partition coefficient (Wildman–Crippen LogP) is 16.8. The summed E-state index contributed by atoms with van der Waals surface area (Å²) >= 11 is 0. The van der Waals surface area contributed by atoms with Gasteiger partial charge in [0.1, 0.15) is 13.2 Å². The van der Waals surface area contributed by atoms with Crippen molar-refractivity contribution in [1.82, 2.24) is 5.32 Å². The van der Waals surface area contributed by atoms with Crippen LogP contribution in [-0.4, -0.2) is 68.5 Å². The van der Waals surface area contributed by atoms with E-state index in [0.29, 0.717) is 17.4 Å². The van der Waals surface area contributed by atoms with Crippen molar-refractivity contribution in [2.24, 2.45) is 0 Å². The third-order valence-electron chi connectivity index (χ3n) is 12.3. The molecule has 404 valence electrons. The van der Waals surface area contributed by atoms with Gasteiger partial charge in [0, 0.05) is 6.42 Å². The molecule has 0 saturated heterocycles. The number of unbranched alkanes of at least 4 members (excludes halogenated alkanes) is 24. The van der Waals surface area contributed by atoms with Gasteiger partial charge in [-0.2, -0.15) is 0 Å². The molecule has 0 rings (SSSR count). The van der Waals surface area contributed by atoms with Crippen LogP contribution in [0.25, 0.3) is 0 Å². The van der Waals surface area contributed by atoms with Crippen molar-refractivity contribution in [2.45, 2.75) is 244 Å². The number of carbonyl (C=O) groups excluding carboxylic acids is 1. The van der Waals surface area contributed by atoms with E-state index < -0.39 is 26.6 Å². The van der Waals surface area contributed by atoms with Crippen LogP contribution in [0.5, 0.6) is 0 Å². The molecule has 8 nitrogen and oxygen atoms in total. The number of phosphoric acid groups is 1. The predicted molar refractivity (Wildman–Crippen MR) is 302 cm³/mol. The molecular formula is C61H109N2O6P. The van der Waals surface area contributed by atoms with Gasteiger partial charge in [-0.1, -0.05) is 239 Å². The number of amides is 1. The SMILES string of the molecule is CC/C=C\C/C=C\C/C=C\C/C=C\C/C=C\C/C=C\CCCCCCC(=O)NC(COP(=O)([O-])OCC[N+](C)(C)C)C(O)/C=C/CC/C=C/CCCCCCCCCCCCCCCCCCCCC. The zero-order valence-electron chi connectivity index (χ0n) is 45.9. The van der Waals surface area contributed by atoms with Crippen LogP contribution in [0, 0.1) is 0 Å². The van der Waals surface area contributed by atoms with Crippen molar-refractivity contribution >= 4 is 13.7 Å². The third kappa shape index (κ3) is 53.2. The van der Waals surface area contributed by atoms with Crippen molar-refractivity contribution in [3.05, 3.63) is 97.2 Å². The average Bonchev–Trinajstić information content (AvgIpc) is 3.32. The molecule has 0 spiro atoms. The van der Waals surface area contributed by atoms with E-state index in [1.54, 1.807) is 6.08 Å². The Labute approximate surface area is 432 Å². The second kappa shape index (κ2) is 51.3. The Balaban J connectivity index is 4.35. The summed E-state index contributed by atoms with van der Waals surface area (Å²) in [5, 5.41) is 13.9. The van der Waals surface area contributed by atoms with Crippen LogP contribution >= 0.6 is 7.82 Å². The van der Waals surface area contributed by atoms with E-state index in [-0.39, 0.29) is 12.5 Å². The molecule has 1 amide bonds. The lowest BCUT2D eigenvalue weighted by molar-refractivity contribution is -0.870. The second-order valence-electron chi connectivity index (χ2n) is 20.3. The van der Waals surface area contributed by atoms with Gasteiger partial charge in [-0.25, -0.2) is 0 Å². The minimum Gasteiger partial charge on any atom is -0.756 e. The number of aliphatic hydroxyl groups is 1. The van der Waals surface area contributed by atoms with Gasteiger partial charge in [-0.3, -0.25) is 9.36 Å². The van der Waals surface area contributed by atoms with Gasteiger partial charge in [0.15, 0.2) is 0 Å². The number of hydrogen-bond acceptors (Lipinski definition) is 6. The molecule has 3 unspecified atom stereocenters. The van der Waals surface area contributed by atoms with Crippen molar-refractivity contribution < 1.29 is 32.9 Å². The molecular weight excluding hydrogens is 888 g/mol. The Morgan fingerprint density at radius 1 is 0.514 bits per heavy atom. The molecule has 9 heteroatoms. The van der Waals surface area contributed by atoms with Gasteiger partial charge in [0.2, 0.25) is 5.91 Å². The zero-order valence-corrected chi connectivity index (χ0v) is 46.8. The number of rotatable bonds is 51. The van der Waals surface area contributed by atoms with E-state index in [1.807, 2.05) is 27.2 Å². The largest absolute Gasteiger partial charge is 0.756 e. The molecule has 70 heavy (non-hydrogen) atoms. The molecule has 0 aliphatic rings. The van der Waals surface area contributed by atoms with Crippen LogP contribution in [0.15, 0.2) is 97.2 Å². The molecule has 0 aromatic heterocycles. The molecule has 0 bridgehead atoms. The summed E-state index contributed by atoms with van der Waals surface area (Å²) in [5.74, 6) is -0.234. The summed E-state index contributed by atoms with van der Waals surface area (Å²) in [6, 6.07) is -0.925. The van der Waals surface area contributed by atoms with Crippen LogP contribution in [0.4, 0.5) is 0 Å². The Kier molecular flexibility index (Phi) is 49.4. The van der Waals surface area contributed by atoms with Crippen molar-refractivity contribution in [2.75, 3.05) is 40.9 Å². The summed E-state index contributed by atoms with van der Waals surface area (Å²) in [6.45, 7) is 4.50. The fourth-order valence-corrected chi connectivity index (χ4v) is 8.54. The number of nitrogens with zero attached hydrogens (tertiary/aromatic N) is 1. The van der Waals surface area contributed by atoms with Crippen LogP contribution < -0.4 is 10.2 Å². The average molecular weight is 998 g/mol. The zero-order chi connectivity index (χ0) is 51.3. The molecule has 0 heterocycles. The Bertz CT molecular complexity index is 1460. The molecule has 3 atom stereocenters. The maximum absolute atomic E-state index is 13.0. The third-order valence-corrected chi connectivity index (χ3v) is 13.2.